The molecular formula is C16H12N6O2. The van der Waals surface area contributed by atoms with Gasteiger partial charge < -0.3 is 9.30 Å². The first kappa shape index (κ1) is 14.1. The van der Waals surface area contributed by atoms with E-state index in [0.717, 1.165) is 11.0 Å². The van der Waals surface area contributed by atoms with Gasteiger partial charge in [0.1, 0.15) is 12.1 Å². The van der Waals surface area contributed by atoms with Gasteiger partial charge in [0.05, 0.1) is 28.6 Å². The number of rotatable bonds is 3. The van der Waals surface area contributed by atoms with Crippen molar-refractivity contribution in [3.8, 4) is 11.4 Å². The third-order valence-corrected chi connectivity index (χ3v) is 3.60. The van der Waals surface area contributed by atoms with E-state index in [9.17, 15) is 4.79 Å². The zero-order valence-corrected chi connectivity index (χ0v) is 12.7. The van der Waals surface area contributed by atoms with Crippen molar-refractivity contribution in [2.45, 2.75) is 0 Å². The standard InChI is InChI=1S/C16H12N6O2/c1-21-9-17-14-8-13(5-6-15(14)21)24-16(23)11-3-2-4-12(7-11)22-10-18-19-20-22/h2-10H,1H3. The second-order valence-electron chi connectivity index (χ2n) is 5.20. The molecule has 0 saturated heterocycles. The number of aryl methyl sites for hydroxylation is 1. The fourth-order valence-electron chi connectivity index (χ4n) is 2.40. The second kappa shape index (κ2) is 5.58. The summed E-state index contributed by atoms with van der Waals surface area (Å²) in [6.45, 7) is 0. The largest absolute Gasteiger partial charge is 0.423 e. The van der Waals surface area contributed by atoms with Gasteiger partial charge in [0.15, 0.2) is 0 Å². The fourth-order valence-corrected chi connectivity index (χ4v) is 2.40. The van der Waals surface area contributed by atoms with Crippen LogP contribution in [-0.4, -0.2) is 35.7 Å². The Morgan fingerprint density at radius 2 is 2.04 bits per heavy atom. The van der Waals surface area contributed by atoms with E-state index < -0.39 is 5.97 Å². The van der Waals surface area contributed by atoms with Gasteiger partial charge >= 0.3 is 5.97 Å². The van der Waals surface area contributed by atoms with Gasteiger partial charge in [-0.2, -0.15) is 0 Å². The number of esters is 1. The maximum atomic E-state index is 12.4. The smallest absolute Gasteiger partial charge is 0.343 e. The minimum absolute atomic E-state index is 0.407. The van der Waals surface area contributed by atoms with E-state index in [4.69, 9.17) is 4.74 Å². The van der Waals surface area contributed by atoms with Crippen LogP contribution in [0.3, 0.4) is 0 Å². The minimum atomic E-state index is -0.458. The van der Waals surface area contributed by atoms with Crippen LogP contribution < -0.4 is 4.74 Å². The van der Waals surface area contributed by atoms with Crippen LogP contribution in [0.1, 0.15) is 10.4 Å². The van der Waals surface area contributed by atoms with E-state index in [1.807, 2.05) is 17.7 Å². The summed E-state index contributed by atoms with van der Waals surface area (Å²) in [5.74, 6) is -0.0146. The Morgan fingerprint density at radius 1 is 1.12 bits per heavy atom. The number of carbonyl (C=O) groups is 1. The summed E-state index contributed by atoms with van der Waals surface area (Å²) in [6.07, 6.45) is 3.17. The zero-order valence-electron chi connectivity index (χ0n) is 12.7. The van der Waals surface area contributed by atoms with Crippen LogP contribution in [0.25, 0.3) is 16.7 Å². The number of hydrogen-bond acceptors (Lipinski definition) is 6. The number of carbonyl (C=O) groups excluding carboxylic acids is 1. The normalized spacial score (nSPS) is 10.9. The van der Waals surface area contributed by atoms with E-state index >= 15 is 0 Å². The molecule has 0 radical (unpaired) electrons. The lowest BCUT2D eigenvalue weighted by Crippen LogP contribution is -2.09. The summed E-state index contributed by atoms with van der Waals surface area (Å²) in [7, 11) is 1.91. The third kappa shape index (κ3) is 2.50. The van der Waals surface area contributed by atoms with E-state index in [2.05, 4.69) is 20.5 Å². The van der Waals surface area contributed by atoms with Gasteiger partial charge in [-0.1, -0.05) is 6.07 Å². The number of hydrogen-bond donors (Lipinski definition) is 0. The van der Waals surface area contributed by atoms with Crippen molar-refractivity contribution in [1.29, 1.82) is 0 Å². The van der Waals surface area contributed by atoms with Crippen LogP contribution in [0, 0.1) is 0 Å². The average Bonchev–Trinajstić information content (AvgIpc) is 3.25. The molecule has 0 aliphatic rings. The molecule has 4 aromatic rings. The molecule has 0 N–H and O–H groups in total. The molecule has 8 heteroatoms. The second-order valence-corrected chi connectivity index (χ2v) is 5.20. The topological polar surface area (TPSA) is 87.7 Å². The molecule has 2 aromatic carbocycles. The quantitative estimate of drug-likeness (QED) is 0.422. The lowest BCUT2D eigenvalue weighted by molar-refractivity contribution is 0.0735. The number of nitrogens with zero attached hydrogens (tertiary/aromatic N) is 6. The summed E-state index contributed by atoms with van der Waals surface area (Å²) in [6, 6.07) is 12.2. The summed E-state index contributed by atoms with van der Waals surface area (Å²) < 4.78 is 8.81. The lowest BCUT2D eigenvalue weighted by Gasteiger charge is -2.06. The van der Waals surface area contributed by atoms with Crippen LogP contribution in [0.4, 0.5) is 0 Å². The van der Waals surface area contributed by atoms with Crippen molar-refractivity contribution >= 4 is 17.0 Å². The Morgan fingerprint density at radius 3 is 2.88 bits per heavy atom. The van der Waals surface area contributed by atoms with Crippen molar-refractivity contribution in [2.24, 2.45) is 7.05 Å². The summed E-state index contributed by atoms with van der Waals surface area (Å²) in [4.78, 5) is 16.6. The molecule has 0 aliphatic carbocycles. The maximum Gasteiger partial charge on any atom is 0.343 e. The Labute approximate surface area is 136 Å². The van der Waals surface area contributed by atoms with Crippen LogP contribution in [0.2, 0.25) is 0 Å². The first-order valence-electron chi connectivity index (χ1n) is 7.17. The minimum Gasteiger partial charge on any atom is -0.423 e. The molecular weight excluding hydrogens is 308 g/mol. The van der Waals surface area contributed by atoms with Crippen LogP contribution in [0.15, 0.2) is 55.1 Å². The van der Waals surface area contributed by atoms with Crippen molar-refractivity contribution in [2.75, 3.05) is 0 Å². The van der Waals surface area contributed by atoms with Gasteiger partial charge in [0.25, 0.3) is 0 Å². The molecule has 0 atom stereocenters. The number of benzene rings is 2. The van der Waals surface area contributed by atoms with Crippen molar-refractivity contribution < 1.29 is 9.53 Å². The number of imidazole rings is 1. The number of fused-ring (bicyclic) bond motifs is 1. The molecule has 0 bridgehead atoms. The molecule has 4 rings (SSSR count). The summed E-state index contributed by atoms with van der Waals surface area (Å²) in [5, 5.41) is 11.0. The molecule has 2 aromatic heterocycles. The Balaban J connectivity index is 1.60. The predicted molar refractivity (Wildman–Crippen MR) is 84.8 cm³/mol. The van der Waals surface area contributed by atoms with Crippen molar-refractivity contribution in [1.82, 2.24) is 29.8 Å². The number of ether oxygens (including phenoxy) is 1. The van der Waals surface area contributed by atoms with E-state index in [1.54, 1.807) is 42.7 Å². The highest BCUT2D eigenvalue weighted by molar-refractivity contribution is 5.92. The Hall–Kier alpha value is -3.55. The Kier molecular flexibility index (Phi) is 3.27. The maximum absolute atomic E-state index is 12.4. The average molecular weight is 320 g/mol. The van der Waals surface area contributed by atoms with Gasteiger partial charge in [-0.15, -0.1) is 5.10 Å². The molecule has 0 amide bonds. The molecule has 24 heavy (non-hydrogen) atoms. The van der Waals surface area contributed by atoms with Gasteiger partial charge in [0, 0.05) is 13.1 Å². The third-order valence-electron chi connectivity index (χ3n) is 3.60. The predicted octanol–water partition coefficient (Wildman–Crippen LogP) is 1.77. The van der Waals surface area contributed by atoms with Crippen molar-refractivity contribution in [3.63, 3.8) is 0 Å². The highest BCUT2D eigenvalue weighted by Crippen LogP contribution is 2.20. The van der Waals surface area contributed by atoms with Crippen LogP contribution in [0.5, 0.6) is 5.75 Å². The molecule has 2 heterocycles. The molecule has 0 fully saturated rings. The van der Waals surface area contributed by atoms with Crippen LogP contribution >= 0.6 is 0 Å². The number of tetrazole rings is 1. The zero-order chi connectivity index (χ0) is 16.5. The van der Waals surface area contributed by atoms with E-state index in [-0.39, 0.29) is 0 Å². The van der Waals surface area contributed by atoms with Gasteiger partial charge in [-0.3, -0.25) is 0 Å². The summed E-state index contributed by atoms with van der Waals surface area (Å²) in [5.41, 5.74) is 2.82. The van der Waals surface area contributed by atoms with Crippen molar-refractivity contribution in [3.05, 3.63) is 60.7 Å². The van der Waals surface area contributed by atoms with Gasteiger partial charge in [-0.25, -0.2) is 14.5 Å². The SMILES string of the molecule is Cn1cnc2cc(OC(=O)c3cccc(-n4cnnn4)c3)ccc21. The van der Waals surface area contributed by atoms with Gasteiger partial charge in [0.2, 0.25) is 0 Å². The lowest BCUT2D eigenvalue weighted by atomic mass is 10.2. The van der Waals surface area contributed by atoms with E-state index in [0.29, 0.717) is 17.0 Å². The first-order valence-corrected chi connectivity index (χ1v) is 7.17. The highest BCUT2D eigenvalue weighted by atomic mass is 16.5. The molecule has 118 valence electrons. The number of aromatic nitrogens is 6. The Bertz CT molecular complexity index is 1020. The monoisotopic (exact) mass is 320 g/mol. The molecule has 8 nitrogen and oxygen atoms in total. The molecule has 0 spiro atoms. The van der Waals surface area contributed by atoms with Crippen LogP contribution in [-0.2, 0) is 7.05 Å². The highest BCUT2D eigenvalue weighted by Gasteiger charge is 2.11. The fraction of sp³-hybridized carbons (Fsp3) is 0.0625. The molecule has 0 aliphatic heterocycles. The summed E-state index contributed by atoms with van der Waals surface area (Å²) >= 11 is 0. The van der Waals surface area contributed by atoms with Gasteiger partial charge in [-0.05, 0) is 40.8 Å². The first-order chi connectivity index (χ1) is 11.7. The molecule has 0 unspecified atom stereocenters. The van der Waals surface area contributed by atoms with E-state index in [1.165, 1.54) is 11.0 Å². The molecule has 0 saturated carbocycles.